The van der Waals surface area contributed by atoms with Crippen molar-refractivity contribution in [3.8, 4) is 0 Å². The fourth-order valence-electron chi connectivity index (χ4n) is 1.90. The number of ether oxygens (including phenoxy) is 2. The van der Waals surface area contributed by atoms with Crippen LogP contribution in [0.2, 0.25) is 0 Å². The highest BCUT2D eigenvalue weighted by Gasteiger charge is 2.15. The van der Waals surface area contributed by atoms with Crippen LogP contribution in [-0.2, 0) is 16.2 Å². The van der Waals surface area contributed by atoms with E-state index in [1.54, 1.807) is 15.1 Å². The average molecular weight is 470 g/mol. The third kappa shape index (κ3) is 3.69. The second-order valence-corrected chi connectivity index (χ2v) is 7.43. The maximum atomic E-state index is 11.8. The van der Waals surface area contributed by atoms with E-state index < -0.39 is 0 Å². The Morgan fingerprint density at radius 2 is 2.30 bits per heavy atom. The number of halogens is 2. The Morgan fingerprint density at radius 3 is 3.00 bits per heavy atom. The first-order chi connectivity index (χ1) is 9.67. The van der Waals surface area contributed by atoms with Crippen LogP contribution in [0.1, 0.15) is 10.4 Å². The van der Waals surface area contributed by atoms with Gasteiger partial charge in [-0.1, -0.05) is 30.9 Å². The van der Waals surface area contributed by atoms with E-state index in [4.69, 9.17) is 9.47 Å². The number of benzene rings is 1. The van der Waals surface area contributed by atoms with Gasteiger partial charge in [0.15, 0.2) is 0 Å². The summed E-state index contributed by atoms with van der Waals surface area (Å²) in [6.45, 7) is 1.09. The molecule has 1 aromatic heterocycles. The number of fused-ring (bicyclic) bond motifs is 1. The summed E-state index contributed by atoms with van der Waals surface area (Å²) in [4.78, 5) is 11.8. The Bertz CT molecular complexity index is 617. The van der Waals surface area contributed by atoms with Gasteiger partial charge in [-0.3, -0.25) is 0 Å². The molecule has 0 fully saturated rings. The van der Waals surface area contributed by atoms with E-state index in [-0.39, 0.29) is 5.97 Å². The van der Waals surface area contributed by atoms with Gasteiger partial charge in [-0.05, 0) is 33.3 Å². The molecule has 0 amide bonds. The predicted molar refractivity (Wildman–Crippen MR) is 93.4 cm³/mol. The normalized spacial score (nSPS) is 10.9. The molecule has 0 saturated heterocycles. The molecule has 0 unspecified atom stereocenters. The summed E-state index contributed by atoms with van der Waals surface area (Å²) in [5.74, 6) is 0.603. The lowest BCUT2D eigenvalue weighted by molar-refractivity contribution is 0.0601. The van der Waals surface area contributed by atoms with Gasteiger partial charge in [-0.2, -0.15) is 0 Å². The largest absolute Gasteiger partial charge is 0.465 e. The van der Waals surface area contributed by atoms with Gasteiger partial charge in [0.1, 0.15) is 6.73 Å². The van der Waals surface area contributed by atoms with Gasteiger partial charge in [0.2, 0.25) is 0 Å². The first kappa shape index (κ1) is 16.1. The number of hydrogen-bond donors (Lipinski definition) is 0. The van der Waals surface area contributed by atoms with E-state index in [1.165, 1.54) is 7.11 Å². The molecule has 2 rings (SSSR count). The van der Waals surface area contributed by atoms with Gasteiger partial charge >= 0.3 is 5.97 Å². The summed E-state index contributed by atoms with van der Waals surface area (Å²) in [5.41, 5.74) is 1.50. The van der Waals surface area contributed by atoms with Crippen LogP contribution in [0.4, 0.5) is 0 Å². The fourth-order valence-corrected chi connectivity index (χ4v) is 2.97. The summed E-state index contributed by atoms with van der Waals surface area (Å²) in [5, 5.41) is 0.868. The molecule has 108 valence electrons. The van der Waals surface area contributed by atoms with Gasteiger partial charge in [0, 0.05) is 21.8 Å². The summed E-state index contributed by atoms with van der Waals surface area (Å²) in [7, 11) is 3.10. The molecular weight excluding hydrogens is 457 g/mol. The van der Waals surface area contributed by atoms with E-state index in [0.29, 0.717) is 18.9 Å². The van der Waals surface area contributed by atoms with Crippen LogP contribution in [-0.4, -0.2) is 30.0 Å². The third-order valence-corrected chi connectivity index (χ3v) is 4.92. The Morgan fingerprint density at radius 1 is 1.50 bits per heavy atom. The lowest BCUT2D eigenvalue weighted by Gasteiger charge is -2.06. The number of carbonyl (C=O) groups is 1. The molecule has 2 aromatic rings. The highest BCUT2D eigenvalue weighted by atomic mass is 127. The fraction of sp³-hybridized carbons (Fsp3) is 0.308. The first-order valence-corrected chi connectivity index (χ1v) is 10.2. The molecule has 4 nitrogen and oxygen atoms in total. The number of methoxy groups -OCH3 is 1. The molecule has 0 bridgehead atoms. The van der Waals surface area contributed by atoms with Crippen LogP contribution in [0.15, 0.2) is 28.9 Å². The molecule has 7 heteroatoms. The smallest absolute Gasteiger partial charge is 0.340 e. The Balaban J connectivity index is 2.32. The zero-order valence-corrected chi connectivity index (χ0v) is 15.3. The van der Waals surface area contributed by atoms with Crippen LogP contribution in [0, 0.1) is 0 Å². The van der Waals surface area contributed by atoms with Crippen LogP contribution in [0.25, 0.3) is 10.9 Å². The molecule has 1 aromatic carbocycles. The van der Waals surface area contributed by atoms with E-state index >= 15 is 0 Å². The number of esters is 1. The van der Waals surface area contributed by atoms with Crippen molar-refractivity contribution in [1.82, 2.24) is 4.57 Å². The Labute approximate surface area is 141 Å². The van der Waals surface area contributed by atoms with E-state index in [1.807, 2.05) is 22.8 Å². The summed E-state index contributed by atoms with van der Waals surface area (Å²) < 4.78 is 13.3. The predicted octanol–water partition coefficient (Wildman–Crippen LogP) is 4.25. The Kier molecular flexibility index (Phi) is 6.19. The maximum absolute atomic E-state index is 11.8. The van der Waals surface area contributed by atoms with Crippen molar-refractivity contribution in [2.75, 3.05) is 19.5 Å². The lowest BCUT2D eigenvalue weighted by atomic mass is 10.2. The van der Waals surface area contributed by atoms with Crippen molar-refractivity contribution >= 4 is 62.9 Å². The van der Waals surface area contributed by atoms with E-state index in [0.717, 1.165) is 21.1 Å². The molecule has 0 spiro atoms. The van der Waals surface area contributed by atoms with Gasteiger partial charge in [0.05, 0.1) is 24.8 Å². The van der Waals surface area contributed by atoms with Gasteiger partial charge in [-0.15, -0.1) is 0 Å². The monoisotopic (exact) mass is 469 g/mol. The van der Waals surface area contributed by atoms with Crippen LogP contribution in [0.3, 0.4) is 0 Å². The van der Waals surface area contributed by atoms with Crippen LogP contribution in [0.5, 0.6) is 0 Å². The topological polar surface area (TPSA) is 40.5 Å². The molecule has 1 heterocycles. The van der Waals surface area contributed by atoms with Crippen molar-refractivity contribution in [2.24, 2.45) is 0 Å². The quantitative estimate of drug-likeness (QED) is 0.360. The molecule has 20 heavy (non-hydrogen) atoms. The molecule has 0 aliphatic heterocycles. The molecule has 0 atom stereocenters. The zero-order valence-electron chi connectivity index (χ0n) is 10.8. The first-order valence-electron chi connectivity index (χ1n) is 5.85. The molecule has 0 saturated carbocycles. The maximum Gasteiger partial charge on any atom is 0.340 e. The lowest BCUT2D eigenvalue weighted by Crippen LogP contribution is -2.04. The highest BCUT2D eigenvalue weighted by molar-refractivity contribution is 14.2. The molecule has 0 N–H and O–H groups in total. The molecular formula is C13H13BrINO3S. The number of nitrogens with zero attached hydrogens (tertiary/aromatic N) is 1. The van der Waals surface area contributed by atoms with Gasteiger partial charge in [-0.25, -0.2) is 4.79 Å². The van der Waals surface area contributed by atoms with Crippen molar-refractivity contribution in [1.29, 1.82) is 0 Å². The SMILES string of the molecule is COC(=O)c1cn(COCCSI)c2cc(Br)ccc12. The van der Waals surface area contributed by atoms with Crippen LogP contribution < -0.4 is 0 Å². The van der Waals surface area contributed by atoms with Crippen molar-refractivity contribution < 1.29 is 14.3 Å². The second kappa shape index (κ2) is 7.67. The second-order valence-electron chi connectivity index (χ2n) is 4.02. The minimum Gasteiger partial charge on any atom is -0.465 e. The number of carbonyl (C=O) groups excluding carboxylic acids is 1. The third-order valence-electron chi connectivity index (χ3n) is 2.78. The van der Waals surface area contributed by atoms with Crippen molar-refractivity contribution in [3.05, 3.63) is 34.4 Å². The van der Waals surface area contributed by atoms with Gasteiger partial charge in [0.25, 0.3) is 0 Å². The minimum atomic E-state index is -0.334. The van der Waals surface area contributed by atoms with Crippen molar-refractivity contribution in [2.45, 2.75) is 6.73 Å². The number of aromatic nitrogens is 1. The summed E-state index contributed by atoms with van der Waals surface area (Å²) in [6.07, 6.45) is 1.78. The summed E-state index contributed by atoms with van der Waals surface area (Å²) in [6, 6.07) is 5.79. The van der Waals surface area contributed by atoms with E-state index in [9.17, 15) is 4.79 Å². The van der Waals surface area contributed by atoms with Crippen molar-refractivity contribution in [3.63, 3.8) is 0 Å². The van der Waals surface area contributed by atoms with Gasteiger partial charge < -0.3 is 14.0 Å². The van der Waals surface area contributed by atoms with Crippen LogP contribution >= 0.6 is 46.1 Å². The van der Waals surface area contributed by atoms with E-state index in [2.05, 4.69) is 37.1 Å². The zero-order chi connectivity index (χ0) is 14.5. The molecule has 0 aliphatic carbocycles. The number of hydrogen-bond acceptors (Lipinski definition) is 4. The average Bonchev–Trinajstić information content (AvgIpc) is 2.81. The molecule has 0 aliphatic rings. The minimum absolute atomic E-state index is 0.334. The standard InChI is InChI=1S/C13H13BrINO3S/c1-18-13(17)11-7-16(8-19-4-5-20-15)12-6-9(14)2-3-10(11)12/h2-3,6-7H,4-5,8H2,1H3. The number of rotatable bonds is 6. The Hall–Kier alpha value is -0.250. The highest BCUT2D eigenvalue weighted by Crippen LogP contribution is 2.25. The molecule has 0 radical (unpaired) electrons. The summed E-state index contributed by atoms with van der Waals surface area (Å²) >= 11 is 5.69.